The third-order valence-corrected chi connectivity index (χ3v) is 4.40. The van der Waals surface area contributed by atoms with Gasteiger partial charge in [-0.3, -0.25) is 4.90 Å². The number of likely N-dealkylation sites (tertiary alicyclic amines) is 1. The number of rotatable bonds is 6. The van der Waals surface area contributed by atoms with Crippen LogP contribution in [0.3, 0.4) is 0 Å². The van der Waals surface area contributed by atoms with Gasteiger partial charge in [0.15, 0.2) is 0 Å². The highest BCUT2D eigenvalue weighted by Crippen LogP contribution is 2.26. The summed E-state index contributed by atoms with van der Waals surface area (Å²) in [7, 11) is 2.16. The lowest BCUT2D eigenvalue weighted by Gasteiger charge is -2.20. The lowest BCUT2D eigenvalue weighted by atomic mass is 10.1. The van der Waals surface area contributed by atoms with Crippen LogP contribution in [0, 0.1) is 0 Å². The van der Waals surface area contributed by atoms with Gasteiger partial charge >= 0.3 is 0 Å². The average molecular weight is 287 g/mol. The van der Waals surface area contributed by atoms with E-state index in [0.717, 1.165) is 41.9 Å². The third kappa shape index (κ3) is 3.28. The zero-order chi connectivity index (χ0) is 14.7. The van der Waals surface area contributed by atoms with Gasteiger partial charge in [0.1, 0.15) is 11.3 Å². The molecule has 0 unspecified atom stereocenters. The summed E-state index contributed by atoms with van der Waals surface area (Å²) in [6.45, 7) is 6.09. The summed E-state index contributed by atoms with van der Waals surface area (Å²) in [6.07, 6.45) is 2.70. The molecule has 1 saturated heterocycles. The van der Waals surface area contributed by atoms with Crippen LogP contribution in [0.25, 0.3) is 11.0 Å². The van der Waals surface area contributed by atoms with Crippen molar-refractivity contribution in [2.24, 2.45) is 5.73 Å². The van der Waals surface area contributed by atoms with Gasteiger partial charge in [-0.05, 0) is 39.0 Å². The summed E-state index contributed by atoms with van der Waals surface area (Å²) < 4.78 is 6.00. The molecule has 2 heterocycles. The molecule has 0 spiro atoms. The molecule has 4 nitrogen and oxygen atoms in total. The predicted octanol–water partition coefficient (Wildman–Crippen LogP) is 2.42. The Kier molecular flexibility index (Phi) is 4.58. The van der Waals surface area contributed by atoms with E-state index in [1.54, 1.807) is 0 Å². The average Bonchev–Trinajstić information content (AvgIpc) is 3.12. The number of likely N-dealkylation sites (N-methyl/N-ethyl adjacent to an activating group) is 1. The highest BCUT2D eigenvalue weighted by Gasteiger charge is 2.16. The van der Waals surface area contributed by atoms with Crippen molar-refractivity contribution in [3.8, 4) is 0 Å². The van der Waals surface area contributed by atoms with E-state index in [4.69, 9.17) is 10.2 Å². The molecule has 1 aromatic heterocycles. The second-order valence-electron chi connectivity index (χ2n) is 5.99. The van der Waals surface area contributed by atoms with E-state index in [1.807, 2.05) is 18.2 Å². The molecular formula is C17H25N3O. The quantitative estimate of drug-likeness (QED) is 0.886. The molecule has 0 saturated carbocycles. The van der Waals surface area contributed by atoms with Crippen molar-refractivity contribution in [2.45, 2.75) is 25.9 Å². The van der Waals surface area contributed by atoms with E-state index in [9.17, 15) is 0 Å². The lowest BCUT2D eigenvalue weighted by Crippen LogP contribution is -2.31. The molecule has 3 rings (SSSR count). The molecular weight excluding hydrogens is 262 g/mol. The first-order valence-electron chi connectivity index (χ1n) is 7.88. The van der Waals surface area contributed by atoms with Gasteiger partial charge in [-0.1, -0.05) is 18.2 Å². The zero-order valence-corrected chi connectivity index (χ0v) is 12.8. The van der Waals surface area contributed by atoms with Crippen LogP contribution in [0.5, 0.6) is 0 Å². The van der Waals surface area contributed by atoms with Crippen molar-refractivity contribution in [2.75, 3.05) is 33.2 Å². The summed E-state index contributed by atoms with van der Waals surface area (Å²) in [6, 6.07) is 8.15. The Labute approximate surface area is 126 Å². The molecule has 114 valence electrons. The Balaban J connectivity index is 1.65. The van der Waals surface area contributed by atoms with Crippen LogP contribution in [0.4, 0.5) is 0 Å². The maximum atomic E-state index is 6.00. The van der Waals surface area contributed by atoms with E-state index in [0.29, 0.717) is 6.54 Å². The summed E-state index contributed by atoms with van der Waals surface area (Å²) in [5.74, 6) is 1.02. The molecule has 2 aromatic rings. The van der Waals surface area contributed by atoms with E-state index in [1.165, 1.54) is 25.9 Å². The SMILES string of the molecule is CN(CCN1CCCC1)Cc1oc2ccccc2c1CN. The minimum absolute atomic E-state index is 0.534. The lowest BCUT2D eigenvalue weighted by molar-refractivity contribution is 0.240. The molecule has 1 fully saturated rings. The minimum atomic E-state index is 0.534. The highest BCUT2D eigenvalue weighted by molar-refractivity contribution is 5.82. The van der Waals surface area contributed by atoms with Gasteiger partial charge in [0.05, 0.1) is 6.54 Å². The number of hydrogen-bond acceptors (Lipinski definition) is 4. The normalized spacial score (nSPS) is 16.3. The van der Waals surface area contributed by atoms with Gasteiger partial charge in [0, 0.05) is 30.6 Å². The van der Waals surface area contributed by atoms with Gasteiger partial charge in [-0.15, -0.1) is 0 Å². The van der Waals surface area contributed by atoms with E-state index < -0.39 is 0 Å². The van der Waals surface area contributed by atoms with Gasteiger partial charge < -0.3 is 15.1 Å². The Morgan fingerprint density at radius 2 is 2.00 bits per heavy atom. The number of hydrogen-bond donors (Lipinski definition) is 1. The van der Waals surface area contributed by atoms with Gasteiger partial charge in [-0.2, -0.15) is 0 Å². The first kappa shape index (κ1) is 14.6. The molecule has 0 amide bonds. The molecule has 2 N–H and O–H groups in total. The molecule has 1 aliphatic rings. The van der Waals surface area contributed by atoms with E-state index in [2.05, 4.69) is 22.9 Å². The van der Waals surface area contributed by atoms with Crippen molar-refractivity contribution in [3.63, 3.8) is 0 Å². The number of fused-ring (bicyclic) bond motifs is 1. The van der Waals surface area contributed by atoms with Crippen molar-refractivity contribution >= 4 is 11.0 Å². The summed E-state index contributed by atoms with van der Waals surface area (Å²) >= 11 is 0. The molecule has 1 aliphatic heterocycles. The predicted molar refractivity (Wildman–Crippen MR) is 86.1 cm³/mol. The molecule has 0 aliphatic carbocycles. The van der Waals surface area contributed by atoms with Crippen molar-refractivity contribution in [1.29, 1.82) is 0 Å². The maximum absolute atomic E-state index is 6.00. The maximum Gasteiger partial charge on any atom is 0.134 e. The second-order valence-corrected chi connectivity index (χ2v) is 5.99. The number of nitrogens with zero attached hydrogens (tertiary/aromatic N) is 2. The van der Waals surface area contributed by atoms with Crippen LogP contribution in [0.15, 0.2) is 28.7 Å². The molecule has 4 heteroatoms. The Morgan fingerprint density at radius 1 is 1.24 bits per heavy atom. The van der Waals surface area contributed by atoms with E-state index in [-0.39, 0.29) is 0 Å². The molecule has 0 atom stereocenters. The van der Waals surface area contributed by atoms with E-state index >= 15 is 0 Å². The molecule has 21 heavy (non-hydrogen) atoms. The molecule has 0 bridgehead atoms. The Morgan fingerprint density at radius 3 is 2.76 bits per heavy atom. The second kappa shape index (κ2) is 6.60. The largest absolute Gasteiger partial charge is 0.459 e. The minimum Gasteiger partial charge on any atom is -0.459 e. The summed E-state index contributed by atoms with van der Waals surface area (Å²) in [5.41, 5.74) is 8.02. The van der Waals surface area contributed by atoms with Gasteiger partial charge in [0.25, 0.3) is 0 Å². The van der Waals surface area contributed by atoms with Crippen LogP contribution >= 0.6 is 0 Å². The summed E-state index contributed by atoms with van der Waals surface area (Å²) in [5, 5.41) is 1.16. The Bertz CT molecular complexity index is 587. The monoisotopic (exact) mass is 287 g/mol. The summed E-state index contributed by atoms with van der Waals surface area (Å²) in [4.78, 5) is 4.87. The van der Waals surface area contributed by atoms with Crippen LogP contribution < -0.4 is 5.73 Å². The fourth-order valence-electron chi connectivity index (χ4n) is 3.14. The van der Waals surface area contributed by atoms with Crippen LogP contribution in [0.1, 0.15) is 24.2 Å². The van der Waals surface area contributed by atoms with Crippen LogP contribution in [0.2, 0.25) is 0 Å². The van der Waals surface area contributed by atoms with Gasteiger partial charge in [0.2, 0.25) is 0 Å². The highest BCUT2D eigenvalue weighted by atomic mass is 16.3. The van der Waals surface area contributed by atoms with Crippen LogP contribution in [-0.2, 0) is 13.1 Å². The number of furan rings is 1. The number of para-hydroxylation sites is 1. The fraction of sp³-hybridized carbons (Fsp3) is 0.529. The van der Waals surface area contributed by atoms with Crippen molar-refractivity contribution < 1.29 is 4.42 Å². The van der Waals surface area contributed by atoms with Crippen molar-refractivity contribution in [1.82, 2.24) is 9.80 Å². The number of nitrogens with two attached hydrogens (primary N) is 1. The first-order chi connectivity index (χ1) is 10.3. The molecule has 1 aromatic carbocycles. The van der Waals surface area contributed by atoms with Crippen molar-refractivity contribution in [3.05, 3.63) is 35.6 Å². The topological polar surface area (TPSA) is 45.6 Å². The van der Waals surface area contributed by atoms with Gasteiger partial charge in [-0.25, -0.2) is 0 Å². The Hall–Kier alpha value is -1.36. The smallest absolute Gasteiger partial charge is 0.134 e. The third-order valence-electron chi connectivity index (χ3n) is 4.40. The fourth-order valence-corrected chi connectivity index (χ4v) is 3.14. The van der Waals surface area contributed by atoms with Crippen LogP contribution in [-0.4, -0.2) is 43.0 Å². The standard InChI is InChI=1S/C17H25N3O/c1-19(10-11-20-8-4-5-9-20)13-17-15(12-18)14-6-2-3-7-16(14)21-17/h2-3,6-7H,4-5,8-13,18H2,1H3. The first-order valence-corrected chi connectivity index (χ1v) is 7.88. The zero-order valence-electron chi connectivity index (χ0n) is 12.8. The number of benzene rings is 1. The molecule has 0 radical (unpaired) electrons.